The molecule has 1 amide bonds. The Labute approximate surface area is 87.0 Å². The van der Waals surface area contributed by atoms with Crippen LogP contribution in [0.4, 0.5) is 26.3 Å². The number of amides is 1. The molecule has 0 saturated heterocycles. The first-order chi connectivity index (χ1) is 7.10. The van der Waals surface area contributed by atoms with E-state index >= 15 is 0 Å². The summed E-state index contributed by atoms with van der Waals surface area (Å²) < 4.78 is 71.8. The molecule has 16 heavy (non-hydrogen) atoms. The summed E-state index contributed by atoms with van der Waals surface area (Å²) in [5.41, 5.74) is 4.97. The van der Waals surface area contributed by atoms with Gasteiger partial charge in [0, 0.05) is 6.54 Å². The van der Waals surface area contributed by atoms with Crippen LogP contribution < -0.4 is 11.1 Å². The van der Waals surface area contributed by atoms with E-state index in [9.17, 15) is 31.1 Å². The molecule has 0 aliphatic rings. The van der Waals surface area contributed by atoms with Gasteiger partial charge in [0.2, 0.25) is 11.8 Å². The summed E-state index contributed by atoms with van der Waals surface area (Å²) in [4.78, 5) is 10.7. The summed E-state index contributed by atoms with van der Waals surface area (Å²) in [6.07, 6.45) is -11.2. The quantitative estimate of drug-likeness (QED) is 0.583. The Morgan fingerprint density at radius 3 is 1.88 bits per heavy atom. The molecular formula is C7H10F6N2O. The largest absolute Gasteiger partial charge is 0.409 e. The number of carbonyl (C=O) groups excluding carboxylic acids is 1. The number of hydrogen-bond acceptors (Lipinski definition) is 2. The van der Waals surface area contributed by atoms with Crippen LogP contribution in [0, 0.1) is 5.92 Å². The van der Waals surface area contributed by atoms with Crippen LogP contribution >= 0.6 is 0 Å². The molecule has 0 saturated carbocycles. The van der Waals surface area contributed by atoms with Crippen molar-refractivity contribution in [2.24, 2.45) is 11.7 Å². The van der Waals surface area contributed by atoms with Gasteiger partial charge < -0.3 is 11.1 Å². The number of nitrogens with one attached hydrogen (secondary N) is 1. The Kier molecular flexibility index (Phi) is 5.04. The molecule has 0 aliphatic heterocycles. The van der Waals surface area contributed by atoms with E-state index in [1.807, 2.05) is 0 Å². The molecule has 0 unspecified atom stereocenters. The topological polar surface area (TPSA) is 55.1 Å². The summed E-state index contributed by atoms with van der Waals surface area (Å²) >= 11 is 0. The molecular weight excluding hydrogens is 242 g/mol. The summed E-state index contributed by atoms with van der Waals surface area (Å²) in [5, 5.41) is 1.54. The van der Waals surface area contributed by atoms with Crippen molar-refractivity contribution in [2.45, 2.75) is 18.8 Å². The minimum atomic E-state index is -5.65. The molecule has 0 fully saturated rings. The second kappa shape index (κ2) is 5.37. The fourth-order valence-corrected chi connectivity index (χ4v) is 0.899. The van der Waals surface area contributed by atoms with Gasteiger partial charge in [0.25, 0.3) is 0 Å². The molecule has 0 bridgehead atoms. The normalized spacial score (nSPS) is 13.0. The van der Waals surface area contributed by atoms with E-state index in [4.69, 9.17) is 5.73 Å². The molecule has 0 spiro atoms. The maximum atomic E-state index is 12.0. The van der Waals surface area contributed by atoms with Gasteiger partial charge in [-0.2, -0.15) is 26.3 Å². The van der Waals surface area contributed by atoms with Crippen molar-refractivity contribution in [3.8, 4) is 0 Å². The number of carbonyl (C=O) groups is 1. The molecule has 0 aliphatic carbocycles. The highest BCUT2D eigenvalue weighted by Gasteiger charge is 2.60. The van der Waals surface area contributed by atoms with Gasteiger partial charge in [0.15, 0.2) is 0 Å². The number of halogens is 6. The molecule has 3 N–H and O–H groups in total. The van der Waals surface area contributed by atoms with Crippen molar-refractivity contribution in [1.82, 2.24) is 5.32 Å². The van der Waals surface area contributed by atoms with Gasteiger partial charge in [-0.25, -0.2) is 0 Å². The summed E-state index contributed by atoms with van der Waals surface area (Å²) in [7, 11) is 0. The Morgan fingerprint density at radius 2 is 1.56 bits per heavy atom. The Hall–Kier alpha value is -0.990. The molecule has 3 nitrogen and oxygen atoms in total. The lowest BCUT2D eigenvalue weighted by atomic mass is 10.1. The molecule has 0 rings (SSSR count). The number of alkyl halides is 6. The van der Waals surface area contributed by atoms with Crippen LogP contribution in [0.25, 0.3) is 0 Å². The highest BCUT2D eigenvalue weighted by atomic mass is 19.4. The lowest BCUT2D eigenvalue weighted by Gasteiger charge is -2.21. The van der Waals surface area contributed by atoms with Crippen LogP contribution in [0.1, 0.15) is 6.42 Å². The van der Waals surface area contributed by atoms with E-state index in [1.54, 1.807) is 0 Å². The second-order valence-corrected chi connectivity index (χ2v) is 2.95. The minimum Gasteiger partial charge on any atom is -0.355 e. The fraction of sp³-hybridized carbons (Fsp3) is 0.857. The predicted octanol–water partition coefficient (Wildman–Crippen LogP) is 1.19. The van der Waals surface area contributed by atoms with Crippen LogP contribution in [0.3, 0.4) is 0 Å². The highest BCUT2D eigenvalue weighted by Crippen LogP contribution is 2.39. The first-order valence-electron chi connectivity index (χ1n) is 4.22. The standard InChI is InChI=1S/C7H10F6N2O/c8-6(9,10)4(7(11,12)13)5(16)15-3-1-2-14/h4H,1-3,14H2,(H,15,16). The maximum absolute atomic E-state index is 12.0. The third kappa shape index (κ3) is 4.69. The van der Waals surface area contributed by atoms with Crippen molar-refractivity contribution in [2.75, 3.05) is 13.1 Å². The lowest BCUT2D eigenvalue weighted by molar-refractivity contribution is -0.274. The van der Waals surface area contributed by atoms with E-state index in [1.165, 1.54) is 5.32 Å². The monoisotopic (exact) mass is 252 g/mol. The van der Waals surface area contributed by atoms with Crippen molar-refractivity contribution in [1.29, 1.82) is 0 Å². The van der Waals surface area contributed by atoms with Gasteiger partial charge in [-0.3, -0.25) is 4.79 Å². The van der Waals surface area contributed by atoms with Gasteiger partial charge >= 0.3 is 12.4 Å². The second-order valence-electron chi connectivity index (χ2n) is 2.95. The summed E-state index contributed by atoms with van der Waals surface area (Å²) in [6.45, 7) is -0.263. The molecule has 0 aromatic rings. The first-order valence-corrected chi connectivity index (χ1v) is 4.22. The summed E-state index contributed by atoms with van der Waals surface area (Å²) in [5.74, 6) is -6.09. The Morgan fingerprint density at radius 1 is 1.12 bits per heavy atom. The number of rotatable bonds is 4. The third-order valence-electron chi connectivity index (χ3n) is 1.60. The lowest BCUT2D eigenvalue weighted by Crippen LogP contribution is -2.48. The van der Waals surface area contributed by atoms with Crippen LogP contribution in [0.5, 0.6) is 0 Å². The van der Waals surface area contributed by atoms with E-state index in [0.717, 1.165) is 0 Å². The predicted molar refractivity (Wildman–Crippen MR) is 42.3 cm³/mol. The minimum absolute atomic E-state index is 0.0585. The van der Waals surface area contributed by atoms with E-state index in [-0.39, 0.29) is 19.5 Å². The summed E-state index contributed by atoms with van der Waals surface area (Å²) in [6, 6.07) is 0. The molecule has 0 aromatic heterocycles. The van der Waals surface area contributed by atoms with Crippen LogP contribution in [-0.2, 0) is 4.79 Å². The SMILES string of the molecule is NCCCNC(=O)C(C(F)(F)F)C(F)(F)F. The van der Waals surface area contributed by atoms with Crippen molar-refractivity contribution in [3.63, 3.8) is 0 Å². The molecule has 0 aromatic carbocycles. The molecule has 9 heteroatoms. The highest BCUT2D eigenvalue weighted by molar-refractivity contribution is 5.80. The van der Waals surface area contributed by atoms with Crippen LogP contribution in [-0.4, -0.2) is 31.3 Å². The molecule has 0 radical (unpaired) electrons. The molecule has 96 valence electrons. The number of hydrogen-bond donors (Lipinski definition) is 2. The zero-order valence-corrected chi connectivity index (χ0v) is 7.95. The van der Waals surface area contributed by atoms with E-state index in [2.05, 4.69) is 0 Å². The maximum Gasteiger partial charge on any atom is 0.409 e. The fourth-order valence-electron chi connectivity index (χ4n) is 0.899. The van der Waals surface area contributed by atoms with Gasteiger partial charge in [-0.05, 0) is 13.0 Å². The van der Waals surface area contributed by atoms with Crippen molar-refractivity contribution in [3.05, 3.63) is 0 Å². The van der Waals surface area contributed by atoms with Gasteiger partial charge in [0.05, 0.1) is 0 Å². The van der Waals surface area contributed by atoms with Gasteiger partial charge in [-0.15, -0.1) is 0 Å². The van der Waals surface area contributed by atoms with E-state index in [0.29, 0.717) is 0 Å². The zero-order chi connectivity index (χ0) is 13.0. The van der Waals surface area contributed by atoms with E-state index < -0.39 is 24.2 Å². The molecule has 0 atom stereocenters. The number of nitrogens with two attached hydrogens (primary N) is 1. The van der Waals surface area contributed by atoms with Crippen molar-refractivity contribution >= 4 is 5.91 Å². The zero-order valence-electron chi connectivity index (χ0n) is 7.95. The van der Waals surface area contributed by atoms with Gasteiger partial charge in [-0.1, -0.05) is 0 Å². The average molecular weight is 252 g/mol. The van der Waals surface area contributed by atoms with Crippen molar-refractivity contribution < 1.29 is 31.1 Å². The molecule has 0 heterocycles. The Balaban J connectivity index is 4.61. The smallest absolute Gasteiger partial charge is 0.355 e. The average Bonchev–Trinajstić information content (AvgIpc) is 1.98. The van der Waals surface area contributed by atoms with Crippen LogP contribution in [0.2, 0.25) is 0 Å². The third-order valence-corrected chi connectivity index (χ3v) is 1.60. The first kappa shape index (κ1) is 15.0. The van der Waals surface area contributed by atoms with Crippen LogP contribution in [0.15, 0.2) is 0 Å². The Bertz CT molecular complexity index is 222. The van der Waals surface area contributed by atoms with Gasteiger partial charge in [0.1, 0.15) is 0 Å².